The van der Waals surface area contributed by atoms with Gasteiger partial charge < -0.3 is 5.11 Å². The first-order chi connectivity index (χ1) is 8.08. The molecule has 5 heteroatoms. The molecule has 1 aromatic heterocycles. The van der Waals surface area contributed by atoms with Crippen LogP contribution in [0.5, 0.6) is 0 Å². The lowest BCUT2D eigenvalue weighted by Crippen LogP contribution is -2.00. The van der Waals surface area contributed by atoms with Gasteiger partial charge in [-0.25, -0.2) is 13.8 Å². The van der Waals surface area contributed by atoms with E-state index in [1.165, 1.54) is 12.1 Å². The van der Waals surface area contributed by atoms with E-state index in [2.05, 4.69) is 4.98 Å². The minimum absolute atomic E-state index is 0.0621. The topological polar surface area (TPSA) is 50.2 Å². The van der Waals surface area contributed by atoms with Crippen molar-refractivity contribution in [2.75, 3.05) is 0 Å². The van der Waals surface area contributed by atoms with Crippen LogP contribution < -0.4 is 0 Å². The molecule has 0 radical (unpaired) electrons. The van der Waals surface area contributed by atoms with Crippen molar-refractivity contribution in [3.05, 3.63) is 41.6 Å². The van der Waals surface area contributed by atoms with Crippen molar-refractivity contribution in [2.24, 2.45) is 0 Å². The fourth-order valence-electron chi connectivity index (χ4n) is 1.56. The highest BCUT2D eigenvalue weighted by atomic mass is 19.1. The maximum atomic E-state index is 13.4. The van der Waals surface area contributed by atoms with Gasteiger partial charge in [-0.15, -0.1) is 0 Å². The Bertz CT molecular complexity index is 584. The Morgan fingerprint density at radius 1 is 1.18 bits per heavy atom. The summed E-state index contributed by atoms with van der Waals surface area (Å²) in [6.07, 6.45) is 0.108. The number of carbonyl (C=O) groups is 1. The molecule has 0 saturated carbocycles. The Morgan fingerprint density at radius 3 is 2.59 bits per heavy atom. The van der Waals surface area contributed by atoms with Crippen molar-refractivity contribution in [3.8, 4) is 0 Å². The van der Waals surface area contributed by atoms with Gasteiger partial charge in [0.15, 0.2) is 0 Å². The second kappa shape index (κ2) is 4.45. The molecular weight excluding hydrogens is 228 g/mol. The van der Waals surface area contributed by atoms with Gasteiger partial charge in [-0.05, 0) is 24.3 Å². The maximum Gasteiger partial charge on any atom is 0.303 e. The van der Waals surface area contributed by atoms with Crippen LogP contribution in [-0.4, -0.2) is 16.1 Å². The van der Waals surface area contributed by atoms with Gasteiger partial charge in [-0.1, -0.05) is 0 Å². The Hall–Kier alpha value is -2.04. The number of halogens is 2. The number of fused-ring (bicyclic) bond motifs is 1. The van der Waals surface area contributed by atoms with E-state index in [0.29, 0.717) is 5.69 Å². The third kappa shape index (κ3) is 2.38. The summed E-state index contributed by atoms with van der Waals surface area (Å²) in [5.41, 5.74) is 0.372. The summed E-state index contributed by atoms with van der Waals surface area (Å²) in [7, 11) is 0. The summed E-state index contributed by atoms with van der Waals surface area (Å²) in [4.78, 5) is 14.3. The van der Waals surface area contributed by atoms with E-state index < -0.39 is 17.6 Å². The summed E-state index contributed by atoms with van der Waals surface area (Å²) in [6, 6.07) is 4.97. The monoisotopic (exact) mass is 237 g/mol. The number of carboxylic acids is 1. The van der Waals surface area contributed by atoms with E-state index in [1.807, 2.05) is 0 Å². The Morgan fingerprint density at radius 2 is 1.88 bits per heavy atom. The lowest BCUT2D eigenvalue weighted by atomic mass is 10.1. The fourth-order valence-corrected chi connectivity index (χ4v) is 1.56. The van der Waals surface area contributed by atoms with E-state index in [0.717, 1.165) is 12.1 Å². The lowest BCUT2D eigenvalue weighted by molar-refractivity contribution is -0.136. The highest BCUT2D eigenvalue weighted by Crippen LogP contribution is 2.19. The van der Waals surface area contributed by atoms with Gasteiger partial charge in [0, 0.05) is 17.5 Å². The molecule has 2 rings (SSSR count). The largest absolute Gasteiger partial charge is 0.481 e. The molecule has 0 aliphatic heterocycles. The maximum absolute atomic E-state index is 13.4. The second-order valence-corrected chi connectivity index (χ2v) is 3.62. The molecular formula is C12H9F2NO2. The zero-order valence-electron chi connectivity index (χ0n) is 8.78. The molecule has 1 N–H and O–H groups in total. The molecule has 0 aliphatic rings. The van der Waals surface area contributed by atoms with Crippen molar-refractivity contribution in [3.63, 3.8) is 0 Å². The molecule has 0 atom stereocenters. The second-order valence-electron chi connectivity index (χ2n) is 3.62. The first kappa shape index (κ1) is 11.4. The molecule has 0 fully saturated rings. The first-order valence-corrected chi connectivity index (χ1v) is 5.03. The SMILES string of the molecule is O=C(O)CCc1ccc2c(F)ccc(F)c2n1. The van der Waals surface area contributed by atoms with Gasteiger partial charge in [0.1, 0.15) is 17.2 Å². The van der Waals surface area contributed by atoms with Crippen molar-refractivity contribution in [1.29, 1.82) is 0 Å². The van der Waals surface area contributed by atoms with Crippen molar-refractivity contribution in [1.82, 2.24) is 4.98 Å². The number of hydrogen-bond acceptors (Lipinski definition) is 2. The Balaban J connectivity index is 2.43. The summed E-state index contributed by atoms with van der Waals surface area (Å²) in [5, 5.41) is 8.63. The van der Waals surface area contributed by atoms with E-state index in [4.69, 9.17) is 5.11 Å². The van der Waals surface area contributed by atoms with Gasteiger partial charge in [0.2, 0.25) is 0 Å². The molecule has 0 amide bonds. The van der Waals surface area contributed by atoms with E-state index in [9.17, 15) is 13.6 Å². The zero-order chi connectivity index (χ0) is 12.4. The number of aliphatic carboxylic acids is 1. The third-order valence-electron chi connectivity index (χ3n) is 2.41. The Labute approximate surface area is 95.7 Å². The minimum Gasteiger partial charge on any atom is -0.481 e. The van der Waals surface area contributed by atoms with Crippen LogP contribution in [0.1, 0.15) is 12.1 Å². The van der Waals surface area contributed by atoms with Gasteiger partial charge in [-0.2, -0.15) is 0 Å². The molecule has 2 aromatic rings. The molecule has 3 nitrogen and oxygen atoms in total. The number of pyridine rings is 1. The van der Waals surface area contributed by atoms with E-state index in [-0.39, 0.29) is 23.7 Å². The molecule has 88 valence electrons. The van der Waals surface area contributed by atoms with Crippen LogP contribution >= 0.6 is 0 Å². The van der Waals surface area contributed by atoms with Crippen LogP contribution in [0.2, 0.25) is 0 Å². The van der Waals surface area contributed by atoms with Crippen LogP contribution in [0, 0.1) is 11.6 Å². The number of rotatable bonds is 3. The standard InChI is InChI=1S/C12H9F2NO2/c13-9-4-5-10(14)12-8(9)3-1-7(15-12)2-6-11(16)17/h1,3-5H,2,6H2,(H,16,17). The van der Waals surface area contributed by atoms with Gasteiger partial charge in [0.25, 0.3) is 0 Å². The van der Waals surface area contributed by atoms with Crippen LogP contribution in [-0.2, 0) is 11.2 Å². The molecule has 0 unspecified atom stereocenters. The van der Waals surface area contributed by atoms with Crippen molar-refractivity contribution in [2.45, 2.75) is 12.8 Å². The van der Waals surface area contributed by atoms with Crippen LogP contribution in [0.4, 0.5) is 8.78 Å². The first-order valence-electron chi connectivity index (χ1n) is 5.03. The molecule has 0 saturated heterocycles. The summed E-state index contributed by atoms with van der Waals surface area (Å²) >= 11 is 0. The quantitative estimate of drug-likeness (QED) is 0.892. The summed E-state index contributed by atoms with van der Waals surface area (Å²) in [6.45, 7) is 0. The van der Waals surface area contributed by atoms with E-state index in [1.54, 1.807) is 0 Å². The number of hydrogen-bond donors (Lipinski definition) is 1. The average molecular weight is 237 g/mol. The highest BCUT2D eigenvalue weighted by Gasteiger charge is 2.08. The van der Waals surface area contributed by atoms with Crippen LogP contribution in [0.3, 0.4) is 0 Å². The number of benzene rings is 1. The number of aryl methyl sites for hydroxylation is 1. The van der Waals surface area contributed by atoms with Gasteiger partial charge >= 0.3 is 5.97 Å². The molecule has 0 bridgehead atoms. The molecule has 0 aliphatic carbocycles. The summed E-state index contributed by atoms with van der Waals surface area (Å²) < 4.78 is 26.7. The average Bonchev–Trinajstić information content (AvgIpc) is 2.31. The fraction of sp³-hybridized carbons (Fsp3) is 0.167. The zero-order valence-corrected chi connectivity index (χ0v) is 8.78. The molecule has 0 spiro atoms. The lowest BCUT2D eigenvalue weighted by Gasteiger charge is -2.03. The predicted molar refractivity (Wildman–Crippen MR) is 57.6 cm³/mol. The highest BCUT2D eigenvalue weighted by molar-refractivity contribution is 5.80. The number of carboxylic acid groups (broad SMARTS) is 1. The molecule has 1 aromatic carbocycles. The van der Waals surface area contributed by atoms with E-state index >= 15 is 0 Å². The smallest absolute Gasteiger partial charge is 0.303 e. The third-order valence-corrected chi connectivity index (χ3v) is 2.41. The summed E-state index contributed by atoms with van der Waals surface area (Å²) in [5.74, 6) is -2.11. The number of aromatic nitrogens is 1. The van der Waals surface area contributed by atoms with Crippen molar-refractivity contribution >= 4 is 16.9 Å². The Kier molecular flexibility index (Phi) is 2.99. The normalized spacial score (nSPS) is 10.7. The van der Waals surface area contributed by atoms with Crippen molar-refractivity contribution < 1.29 is 18.7 Å². The molecule has 17 heavy (non-hydrogen) atoms. The minimum atomic E-state index is -0.952. The van der Waals surface area contributed by atoms with Gasteiger partial charge in [0.05, 0.1) is 6.42 Å². The van der Waals surface area contributed by atoms with Gasteiger partial charge in [-0.3, -0.25) is 4.79 Å². The van der Waals surface area contributed by atoms with Crippen LogP contribution in [0.15, 0.2) is 24.3 Å². The predicted octanol–water partition coefficient (Wildman–Crippen LogP) is 2.53. The molecule has 1 heterocycles. The van der Waals surface area contributed by atoms with Crippen LogP contribution in [0.25, 0.3) is 10.9 Å². The number of nitrogens with zero attached hydrogens (tertiary/aromatic N) is 1.